The van der Waals surface area contributed by atoms with E-state index < -0.39 is 15.6 Å². The van der Waals surface area contributed by atoms with Gasteiger partial charge in [-0.25, -0.2) is 13.1 Å². The van der Waals surface area contributed by atoms with Gasteiger partial charge < -0.3 is 4.74 Å². The predicted molar refractivity (Wildman–Crippen MR) is 121 cm³/mol. The fourth-order valence-corrected chi connectivity index (χ4v) is 5.80. The smallest absolute Gasteiger partial charge is 0.305 e. The Morgan fingerprint density at radius 2 is 1.63 bits per heavy atom. The third kappa shape index (κ3) is 6.15. The van der Waals surface area contributed by atoms with Crippen molar-refractivity contribution in [3.8, 4) is 0 Å². The van der Waals surface area contributed by atoms with E-state index >= 15 is 0 Å². The maximum Gasteiger partial charge on any atom is 0.305 e. The van der Waals surface area contributed by atoms with Crippen molar-refractivity contribution in [3.05, 3.63) is 64.1 Å². The van der Waals surface area contributed by atoms with Gasteiger partial charge in [-0.3, -0.25) is 4.79 Å². The molecule has 0 aliphatic heterocycles. The van der Waals surface area contributed by atoms with E-state index in [0.29, 0.717) is 12.8 Å². The molecule has 7 heteroatoms. The molecule has 1 N–H and O–H groups in total. The predicted octanol–water partition coefficient (Wildman–Crippen LogP) is 4.78. The Morgan fingerprint density at radius 3 is 2.23 bits per heavy atom. The number of ether oxygens (including phenoxy) is 1. The number of methoxy groups -OCH3 is 1. The number of nitrogens with one attached hydrogen (secondary N) is 1. The summed E-state index contributed by atoms with van der Waals surface area (Å²) in [5.41, 5.74) is 1.84. The monoisotopic (exact) mass is 493 g/mol. The molecule has 3 rings (SSSR count). The SMILES string of the molecule is COC(=O)CCCc1ccc(CC2(NS(=O)(=O)c3ccc(Br)cc3)CCCC2)cc1. The van der Waals surface area contributed by atoms with Crippen molar-refractivity contribution in [2.75, 3.05) is 7.11 Å². The standard InChI is InChI=1S/C23H28BrNO4S/c1-29-22(26)6-4-5-18-7-9-19(10-8-18)17-23(15-2-3-16-23)25-30(27,28)21-13-11-20(24)12-14-21/h7-14,25H,2-6,15-17H2,1H3. The minimum atomic E-state index is -3.58. The van der Waals surface area contributed by atoms with Crippen molar-refractivity contribution in [2.45, 2.75) is 61.8 Å². The summed E-state index contributed by atoms with van der Waals surface area (Å²) in [5.74, 6) is -0.187. The van der Waals surface area contributed by atoms with E-state index in [0.717, 1.165) is 48.6 Å². The quantitative estimate of drug-likeness (QED) is 0.510. The van der Waals surface area contributed by atoms with E-state index in [2.05, 4.69) is 49.7 Å². The van der Waals surface area contributed by atoms with Crippen LogP contribution in [0.3, 0.4) is 0 Å². The molecule has 1 aliphatic carbocycles. The molecule has 2 aromatic carbocycles. The summed E-state index contributed by atoms with van der Waals surface area (Å²) in [4.78, 5) is 11.5. The molecule has 30 heavy (non-hydrogen) atoms. The fraction of sp³-hybridized carbons (Fsp3) is 0.435. The molecule has 0 radical (unpaired) electrons. The average molecular weight is 494 g/mol. The Labute approximate surface area is 187 Å². The molecule has 2 aromatic rings. The van der Waals surface area contributed by atoms with E-state index in [1.165, 1.54) is 12.7 Å². The average Bonchev–Trinajstić information content (AvgIpc) is 3.16. The first-order chi connectivity index (χ1) is 14.3. The van der Waals surface area contributed by atoms with Crippen LogP contribution >= 0.6 is 15.9 Å². The summed E-state index contributed by atoms with van der Waals surface area (Å²) in [5, 5.41) is 0. The summed E-state index contributed by atoms with van der Waals surface area (Å²) < 4.78 is 34.5. The molecule has 162 valence electrons. The van der Waals surface area contributed by atoms with Gasteiger partial charge >= 0.3 is 5.97 Å². The number of esters is 1. The van der Waals surface area contributed by atoms with Gasteiger partial charge in [0, 0.05) is 16.4 Å². The third-order valence-electron chi connectivity index (χ3n) is 5.67. The first-order valence-corrected chi connectivity index (χ1v) is 12.5. The first kappa shape index (κ1) is 23.0. The van der Waals surface area contributed by atoms with E-state index in [1.54, 1.807) is 24.3 Å². The number of carbonyl (C=O) groups is 1. The van der Waals surface area contributed by atoms with Crippen LogP contribution in [0.4, 0.5) is 0 Å². The Balaban J connectivity index is 1.67. The second kappa shape index (κ2) is 10.1. The molecule has 0 amide bonds. The highest BCUT2D eigenvalue weighted by Gasteiger charge is 2.38. The minimum absolute atomic E-state index is 0.187. The van der Waals surface area contributed by atoms with Gasteiger partial charge in [0.1, 0.15) is 0 Å². The summed E-state index contributed by atoms with van der Waals surface area (Å²) in [6, 6.07) is 15.0. The summed E-state index contributed by atoms with van der Waals surface area (Å²) in [6.45, 7) is 0. The maximum atomic E-state index is 13.0. The number of sulfonamides is 1. The van der Waals surface area contributed by atoms with Crippen molar-refractivity contribution in [3.63, 3.8) is 0 Å². The number of carbonyl (C=O) groups excluding carboxylic acids is 1. The molecule has 0 bridgehead atoms. The van der Waals surface area contributed by atoms with Crippen molar-refractivity contribution in [2.24, 2.45) is 0 Å². The van der Waals surface area contributed by atoms with Crippen molar-refractivity contribution >= 4 is 31.9 Å². The fourth-order valence-electron chi connectivity index (χ4n) is 4.08. The number of halogens is 1. The zero-order chi connectivity index (χ0) is 21.6. The van der Waals surface area contributed by atoms with Crippen molar-refractivity contribution in [1.29, 1.82) is 0 Å². The van der Waals surface area contributed by atoms with Gasteiger partial charge in [-0.1, -0.05) is 53.0 Å². The van der Waals surface area contributed by atoms with E-state index in [1.807, 2.05) is 0 Å². The topological polar surface area (TPSA) is 72.5 Å². The van der Waals surface area contributed by atoms with Crippen molar-refractivity contribution < 1.29 is 17.9 Å². The summed E-state index contributed by atoms with van der Waals surface area (Å²) in [6.07, 6.45) is 6.38. The van der Waals surface area contributed by atoms with Gasteiger partial charge in [0.2, 0.25) is 10.0 Å². The van der Waals surface area contributed by atoms with Gasteiger partial charge in [-0.2, -0.15) is 0 Å². The first-order valence-electron chi connectivity index (χ1n) is 10.3. The van der Waals surface area contributed by atoms with E-state index in [4.69, 9.17) is 0 Å². The highest BCUT2D eigenvalue weighted by molar-refractivity contribution is 9.10. The number of hydrogen-bond acceptors (Lipinski definition) is 4. The molecule has 0 atom stereocenters. The Hall–Kier alpha value is -1.70. The zero-order valence-electron chi connectivity index (χ0n) is 17.2. The Morgan fingerprint density at radius 1 is 1.03 bits per heavy atom. The lowest BCUT2D eigenvalue weighted by Crippen LogP contribution is -2.47. The maximum absolute atomic E-state index is 13.0. The lowest BCUT2D eigenvalue weighted by molar-refractivity contribution is -0.140. The van der Waals surface area contributed by atoms with Gasteiger partial charge in [-0.05, 0) is 67.5 Å². The van der Waals surface area contributed by atoms with Gasteiger partial charge in [0.05, 0.1) is 12.0 Å². The molecule has 1 fully saturated rings. The van der Waals surface area contributed by atoms with E-state index in [-0.39, 0.29) is 10.9 Å². The highest BCUT2D eigenvalue weighted by Crippen LogP contribution is 2.34. The number of hydrogen-bond donors (Lipinski definition) is 1. The van der Waals surface area contributed by atoms with Gasteiger partial charge in [0.25, 0.3) is 0 Å². The second-order valence-electron chi connectivity index (χ2n) is 7.97. The summed E-state index contributed by atoms with van der Waals surface area (Å²) in [7, 11) is -2.18. The third-order valence-corrected chi connectivity index (χ3v) is 7.80. The van der Waals surface area contributed by atoms with Crippen LogP contribution in [0.1, 0.15) is 49.7 Å². The van der Waals surface area contributed by atoms with Crippen LogP contribution in [0.25, 0.3) is 0 Å². The van der Waals surface area contributed by atoms with Crippen LogP contribution in [0.5, 0.6) is 0 Å². The number of aryl methyl sites for hydroxylation is 1. The molecule has 5 nitrogen and oxygen atoms in total. The van der Waals surface area contributed by atoms with Crippen LogP contribution in [0.15, 0.2) is 57.9 Å². The van der Waals surface area contributed by atoms with Gasteiger partial charge in [-0.15, -0.1) is 0 Å². The molecule has 1 aliphatic rings. The van der Waals surface area contributed by atoms with Crippen LogP contribution in [-0.4, -0.2) is 27.0 Å². The second-order valence-corrected chi connectivity index (χ2v) is 10.6. The Bertz CT molecular complexity index is 950. The molecule has 0 unspecified atom stereocenters. The minimum Gasteiger partial charge on any atom is -0.469 e. The van der Waals surface area contributed by atoms with Crippen LogP contribution in [0.2, 0.25) is 0 Å². The molecular formula is C23H28BrNO4S. The summed E-state index contributed by atoms with van der Waals surface area (Å²) >= 11 is 3.35. The lowest BCUT2D eigenvalue weighted by atomic mass is 9.90. The highest BCUT2D eigenvalue weighted by atomic mass is 79.9. The van der Waals surface area contributed by atoms with E-state index in [9.17, 15) is 13.2 Å². The lowest BCUT2D eigenvalue weighted by Gasteiger charge is -2.30. The molecule has 0 saturated heterocycles. The number of rotatable bonds is 9. The molecule has 0 aromatic heterocycles. The zero-order valence-corrected chi connectivity index (χ0v) is 19.6. The van der Waals surface area contributed by atoms with Crippen LogP contribution < -0.4 is 4.72 Å². The number of benzene rings is 2. The largest absolute Gasteiger partial charge is 0.469 e. The van der Waals surface area contributed by atoms with Gasteiger partial charge in [0.15, 0.2) is 0 Å². The van der Waals surface area contributed by atoms with Crippen LogP contribution in [0, 0.1) is 0 Å². The molecule has 0 heterocycles. The normalized spacial score (nSPS) is 15.8. The molecular weight excluding hydrogens is 466 g/mol. The van der Waals surface area contributed by atoms with Crippen molar-refractivity contribution in [1.82, 2.24) is 4.72 Å². The Kier molecular flexibility index (Phi) is 7.71. The molecule has 0 spiro atoms. The van der Waals surface area contributed by atoms with Crippen LogP contribution in [-0.2, 0) is 32.4 Å². The molecule has 1 saturated carbocycles.